The summed E-state index contributed by atoms with van der Waals surface area (Å²) >= 11 is 0. The lowest BCUT2D eigenvalue weighted by Gasteiger charge is -2.20. The van der Waals surface area contributed by atoms with Gasteiger partial charge in [0.25, 0.3) is 0 Å². The monoisotopic (exact) mass is 274 g/mol. The van der Waals surface area contributed by atoms with Crippen LogP contribution in [0.2, 0.25) is 0 Å². The molecule has 104 valence electrons. The predicted molar refractivity (Wildman–Crippen MR) is 65.2 cm³/mol. The fraction of sp³-hybridized carbons (Fsp3) is 0.417. The van der Waals surface area contributed by atoms with Gasteiger partial charge in [0.15, 0.2) is 6.61 Å². The fourth-order valence-corrected chi connectivity index (χ4v) is 1.70. The quantitative estimate of drug-likeness (QED) is 0.846. The van der Waals surface area contributed by atoms with Crippen molar-refractivity contribution >= 4 is 12.0 Å². The van der Waals surface area contributed by atoms with E-state index in [1.807, 2.05) is 0 Å². The van der Waals surface area contributed by atoms with Crippen molar-refractivity contribution < 1.29 is 22.6 Å². The number of halogens is 3. The van der Waals surface area contributed by atoms with E-state index in [0.29, 0.717) is 24.5 Å². The van der Waals surface area contributed by atoms with E-state index in [4.69, 9.17) is 9.47 Å². The molecule has 0 saturated carbocycles. The number of rotatable bonds is 4. The molecule has 0 saturated heterocycles. The molecule has 1 aliphatic heterocycles. The summed E-state index contributed by atoms with van der Waals surface area (Å²) in [5, 5.41) is 0. The Morgan fingerprint density at radius 2 is 2.16 bits per heavy atom. The lowest BCUT2D eigenvalue weighted by Crippen LogP contribution is -2.22. The Kier molecular flexibility index (Phi) is 3.82. The van der Waals surface area contributed by atoms with Crippen LogP contribution in [0.25, 0.3) is 0 Å². The van der Waals surface area contributed by atoms with Gasteiger partial charge < -0.3 is 14.4 Å². The Balaban J connectivity index is 2.23. The molecule has 0 fully saturated rings. The number of anilines is 1. The molecule has 2 rings (SSSR count). The molecule has 0 unspecified atom stereocenters. The largest absolute Gasteiger partial charge is 0.497 e. The van der Waals surface area contributed by atoms with Gasteiger partial charge in [0, 0.05) is 12.6 Å². The maximum absolute atomic E-state index is 12.2. The molecule has 0 amide bonds. The average molecular weight is 274 g/mol. The lowest BCUT2D eigenvalue weighted by molar-refractivity contribution is -0.153. The minimum atomic E-state index is -4.38. The van der Waals surface area contributed by atoms with Gasteiger partial charge in [-0.15, -0.1) is 0 Å². The van der Waals surface area contributed by atoms with Crippen LogP contribution in [-0.2, 0) is 0 Å². The molecule has 0 aromatic heterocycles. The van der Waals surface area contributed by atoms with E-state index in [1.54, 1.807) is 23.4 Å². The zero-order chi connectivity index (χ0) is 13.9. The first-order valence-corrected chi connectivity index (χ1v) is 5.64. The van der Waals surface area contributed by atoms with E-state index in [0.717, 1.165) is 0 Å². The number of ether oxygens (including phenoxy) is 2. The Labute approximate surface area is 108 Å². The zero-order valence-corrected chi connectivity index (χ0v) is 10.3. The van der Waals surface area contributed by atoms with E-state index in [9.17, 15) is 13.2 Å². The zero-order valence-electron chi connectivity index (χ0n) is 10.3. The summed E-state index contributed by atoms with van der Waals surface area (Å²) in [7, 11) is 1.44. The third kappa shape index (κ3) is 3.52. The number of aliphatic imine (C=N–C) groups is 1. The maximum atomic E-state index is 12.2. The standard InChI is InChI=1S/C12H13F3N2O2/c1-18-9-2-3-10(17-5-4-16-8-17)11(6-9)19-7-12(13,14)15/h2-3,6,8H,4-5,7H2,1H3. The highest BCUT2D eigenvalue weighted by molar-refractivity contribution is 5.84. The normalized spacial score (nSPS) is 14.8. The molecule has 1 aliphatic rings. The summed E-state index contributed by atoms with van der Waals surface area (Å²) in [6.45, 7) is -0.0996. The van der Waals surface area contributed by atoms with Crippen molar-refractivity contribution in [2.45, 2.75) is 6.18 Å². The molecule has 4 nitrogen and oxygen atoms in total. The molecule has 0 aliphatic carbocycles. The van der Waals surface area contributed by atoms with E-state index in [1.165, 1.54) is 13.2 Å². The first-order chi connectivity index (χ1) is 8.99. The van der Waals surface area contributed by atoms with Gasteiger partial charge in [0.1, 0.15) is 11.5 Å². The summed E-state index contributed by atoms with van der Waals surface area (Å²) in [6, 6.07) is 4.76. The molecule has 19 heavy (non-hydrogen) atoms. The summed E-state index contributed by atoms with van der Waals surface area (Å²) in [6.07, 6.45) is -2.79. The van der Waals surface area contributed by atoms with E-state index >= 15 is 0 Å². The Bertz CT molecular complexity index is 475. The number of nitrogens with zero attached hydrogens (tertiary/aromatic N) is 2. The number of benzene rings is 1. The van der Waals surface area contributed by atoms with Crippen molar-refractivity contribution in [1.29, 1.82) is 0 Å². The van der Waals surface area contributed by atoms with Gasteiger partial charge in [0.2, 0.25) is 0 Å². The van der Waals surface area contributed by atoms with Crippen molar-refractivity contribution in [3.63, 3.8) is 0 Å². The number of hydrogen-bond acceptors (Lipinski definition) is 4. The molecule has 1 heterocycles. The van der Waals surface area contributed by atoms with Gasteiger partial charge >= 0.3 is 6.18 Å². The number of methoxy groups -OCH3 is 1. The second-order valence-corrected chi connectivity index (χ2v) is 3.95. The fourth-order valence-electron chi connectivity index (χ4n) is 1.70. The number of alkyl halides is 3. The summed E-state index contributed by atoms with van der Waals surface area (Å²) in [5.74, 6) is 0.571. The number of hydrogen-bond donors (Lipinski definition) is 0. The lowest BCUT2D eigenvalue weighted by atomic mass is 10.2. The molecule has 1 aromatic rings. The summed E-state index contributed by atoms with van der Waals surface area (Å²) in [4.78, 5) is 5.77. The SMILES string of the molecule is COc1ccc(N2C=NCC2)c(OCC(F)(F)F)c1. The third-order valence-electron chi connectivity index (χ3n) is 2.56. The molecule has 7 heteroatoms. The highest BCUT2D eigenvalue weighted by atomic mass is 19.4. The smallest absolute Gasteiger partial charge is 0.422 e. The topological polar surface area (TPSA) is 34.1 Å². The highest BCUT2D eigenvalue weighted by Crippen LogP contribution is 2.33. The van der Waals surface area contributed by atoms with Crippen molar-refractivity contribution in [2.75, 3.05) is 31.7 Å². The minimum Gasteiger partial charge on any atom is -0.497 e. The Morgan fingerprint density at radius 1 is 1.37 bits per heavy atom. The van der Waals surface area contributed by atoms with Crippen LogP contribution in [0.5, 0.6) is 11.5 Å². The van der Waals surface area contributed by atoms with Gasteiger partial charge in [-0.25, -0.2) is 0 Å². The average Bonchev–Trinajstić information content (AvgIpc) is 2.88. The molecule has 1 aromatic carbocycles. The Hall–Kier alpha value is -1.92. The van der Waals surface area contributed by atoms with E-state index in [2.05, 4.69) is 4.99 Å². The van der Waals surface area contributed by atoms with Crippen LogP contribution in [0.15, 0.2) is 23.2 Å². The van der Waals surface area contributed by atoms with Crippen molar-refractivity contribution in [2.24, 2.45) is 4.99 Å². The van der Waals surface area contributed by atoms with Gasteiger partial charge in [0.05, 0.1) is 25.7 Å². The van der Waals surface area contributed by atoms with Crippen molar-refractivity contribution in [3.05, 3.63) is 18.2 Å². The second kappa shape index (κ2) is 5.38. The van der Waals surface area contributed by atoms with Crippen LogP contribution in [0.1, 0.15) is 0 Å². The van der Waals surface area contributed by atoms with E-state index in [-0.39, 0.29) is 5.75 Å². The molecule has 0 radical (unpaired) electrons. The van der Waals surface area contributed by atoms with Crippen molar-refractivity contribution in [1.82, 2.24) is 0 Å². The molecular formula is C12H13F3N2O2. The van der Waals surface area contributed by atoms with Crippen LogP contribution in [0.3, 0.4) is 0 Å². The minimum absolute atomic E-state index is 0.130. The van der Waals surface area contributed by atoms with Gasteiger partial charge in [-0.2, -0.15) is 13.2 Å². The molecule has 0 bridgehead atoms. The maximum Gasteiger partial charge on any atom is 0.422 e. The first-order valence-electron chi connectivity index (χ1n) is 5.64. The van der Waals surface area contributed by atoms with Gasteiger partial charge in [-0.05, 0) is 12.1 Å². The van der Waals surface area contributed by atoms with Crippen LogP contribution in [0.4, 0.5) is 18.9 Å². The van der Waals surface area contributed by atoms with Crippen LogP contribution < -0.4 is 14.4 Å². The molecule has 0 spiro atoms. The van der Waals surface area contributed by atoms with Gasteiger partial charge in [-0.1, -0.05) is 0 Å². The highest BCUT2D eigenvalue weighted by Gasteiger charge is 2.29. The third-order valence-corrected chi connectivity index (χ3v) is 2.56. The van der Waals surface area contributed by atoms with Crippen molar-refractivity contribution in [3.8, 4) is 11.5 Å². The first kappa shape index (κ1) is 13.5. The molecule has 0 atom stereocenters. The van der Waals surface area contributed by atoms with E-state index < -0.39 is 12.8 Å². The summed E-state index contributed by atoms with van der Waals surface area (Å²) < 4.78 is 46.5. The molecular weight excluding hydrogens is 261 g/mol. The van der Waals surface area contributed by atoms with Crippen LogP contribution in [-0.4, -0.2) is 39.3 Å². The van der Waals surface area contributed by atoms with Gasteiger partial charge in [-0.3, -0.25) is 4.99 Å². The predicted octanol–water partition coefficient (Wildman–Crippen LogP) is 2.48. The molecule has 0 N–H and O–H groups in total. The summed E-state index contributed by atoms with van der Waals surface area (Å²) in [5.41, 5.74) is 0.548. The van der Waals surface area contributed by atoms with Crippen LogP contribution >= 0.6 is 0 Å². The second-order valence-electron chi connectivity index (χ2n) is 3.95. The van der Waals surface area contributed by atoms with Crippen LogP contribution in [0, 0.1) is 0 Å². The Morgan fingerprint density at radius 3 is 2.74 bits per heavy atom.